The van der Waals surface area contributed by atoms with Crippen LogP contribution in [-0.4, -0.2) is 24.9 Å². The number of hydrogen-bond donors (Lipinski definition) is 1. The molecule has 112 valence electrons. The van der Waals surface area contributed by atoms with Crippen molar-refractivity contribution in [3.05, 3.63) is 29.6 Å². The van der Waals surface area contributed by atoms with Crippen molar-refractivity contribution in [2.75, 3.05) is 18.9 Å². The Morgan fingerprint density at radius 3 is 2.80 bits per heavy atom. The highest BCUT2D eigenvalue weighted by atomic mass is 32.2. The number of ether oxygens (including phenoxy) is 1. The normalized spacial score (nSPS) is 10.8. The van der Waals surface area contributed by atoms with E-state index in [-0.39, 0.29) is 17.5 Å². The molecule has 1 rings (SSSR count). The lowest BCUT2D eigenvalue weighted by molar-refractivity contribution is -0.139. The fourth-order valence-electron chi connectivity index (χ4n) is 1.62. The number of hydrogen-bond acceptors (Lipinski definition) is 4. The Bertz CT molecular complexity index is 438. The van der Waals surface area contributed by atoms with Crippen LogP contribution in [0, 0.1) is 11.7 Å². The smallest absolute Gasteiger partial charge is 0.316 e. The molecule has 0 atom stereocenters. The van der Waals surface area contributed by atoms with Gasteiger partial charge >= 0.3 is 5.97 Å². The van der Waals surface area contributed by atoms with Gasteiger partial charge in [-0.3, -0.25) is 4.79 Å². The molecule has 0 aliphatic carbocycles. The van der Waals surface area contributed by atoms with Crippen molar-refractivity contribution in [1.29, 1.82) is 0 Å². The molecular weight excluding hydrogens is 277 g/mol. The molecule has 0 saturated heterocycles. The third-order valence-electron chi connectivity index (χ3n) is 2.53. The number of carbonyl (C=O) groups is 1. The predicted molar refractivity (Wildman–Crippen MR) is 80.3 cm³/mol. The Balaban J connectivity index is 2.48. The number of rotatable bonds is 8. The van der Waals surface area contributed by atoms with Gasteiger partial charge in [0.15, 0.2) is 0 Å². The van der Waals surface area contributed by atoms with Gasteiger partial charge in [0.05, 0.1) is 12.4 Å². The van der Waals surface area contributed by atoms with E-state index in [1.165, 1.54) is 6.07 Å². The van der Waals surface area contributed by atoms with Crippen molar-refractivity contribution < 1.29 is 13.9 Å². The molecule has 0 aliphatic rings. The molecule has 1 N–H and O–H groups in total. The second kappa shape index (κ2) is 8.97. The zero-order chi connectivity index (χ0) is 15.0. The Hall–Kier alpha value is -1.07. The quantitative estimate of drug-likeness (QED) is 0.591. The van der Waals surface area contributed by atoms with E-state index in [0.29, 0.717) is 24.0 Å². The van der Waals surface area contributed by atoms with Crippen molar-refractivity contribution in [2.24, 2.45) is 5.92 Å². The zero-order valence-corrected chi connectivity index (χ0v) is 13.1. The topological polar surface area (TPSA) is 38.3 Å². The second-order valence-electron chi connectivity index (χ2n) is 4.88. The first-order valence-corrected chi connectivity index (χ1v) is 7.79. The van der Waals surface area contributed by atoms with Crippen molar-refractivity contribution >= 4 is 17.7 Å². The maximum Gasteiger partial charge on any atom is 0.316 e. The average molecular weight is 299 g/mol. The number of carbonyl (C=O) groups excluding carboxylic acids is 1. The summed E-state index contributed by atoms with van der Waals surface area (Å²) >= 11 is 1.16. The number of nitrogens with one attached hydrogen (secondary N) is 1. The van der Waals surface area contributed by atoms with Gasteiger partial charge in [-0.1, -0.05) is 19.9 Å². The van der Waals surface area contributed by atoms with Crippen LogP contribution in [0.4, 0.5) is 4.39 Å². The molecule has 3 nitrogen and oxygen atoms in total. The summed E-state index contributed by atoms with van der Waals surface area (Å²) in [6.45, 7) is 7.91. The number of thioether (sulfide) groups is 1. The van der Waals surface area contributed by atoms with Crippen LogP contribution in [-0.2, 0) is 16.1 Å². The largest absolute Gasteiger partial charge is 0.465 e. The van der Waals surface area contributed by atoms with Crippen LogP contribution in [0.2, 0.25) is 0 Å². The van der Waals surface area contributed by atoms with Crippen LogP contribution in [0.25, 0.3) is 0 Å². The van der Waals surface area contributed by atoms with Crippen molar-refractivity contribution in [3.63, 3.8) is 0 Å². The highest BCUT2D eigenvalue weighted by Gasteiger charge is 2.08. The van der Waals surface area contributed by atoms with Crippen LogP contribution in [0.3, 0.4) is 0 Å². The van der Waals surface area contributed by atoms with Gasteiger partial charge in [0.2, 0.25) is 0 Å². The highest BCUT2D eigenvalue weighted by Crippen LogP contribution is 2.22. The molecule has 0 fully saturated rings. The summed E-state index contributed by atoms with van der Waals surface area (Å²) in [7, 11) is 0. The summed E-state index contributed by atoms with van der Waals surface area (Å²) in [5.41, 5.74) is 0.906. The number of esters is 1. The summed E-state index contributed by atoms with van der Waals surface area (Å²) in [5.74, 6) is 0.0948. The predicted octanol–water partition coefficient (Wildman–Crippen LogP) is 3.23. The number of benzene rings is 1. The molecule has 0 aliphatic heterocycles. The molecule has 0 amide bonds. The minimum absolute atomic E-state index is 0.135. The molecule has 0 bridgehead atoms. The summed E-state index contributed by atoms with van der Waals surface area (Å²) in [6, 6.07) is 5.11. The fraction of sp³-hybridized carbons (Fsp3) is 0.533. The molecule has 1 aromatic carbocycles. The molecule has 0 heterocycles. The Kier molecular flexibility index (Phi) is 7.62. The van der Waals surface area contributed by atoms with Gasteiger partial charge in [-0.2, -0.15) is 0 Å². The highest BCUT2D eigenvalue weighted by molar-refractivity contribution is 8.00. The molecule has 20 heavy (non-hydrogen) atoms. The van der Waals surface area contributed by atoms with Crippen molar-refractivity contribution in [3.8, 4) is 0 Å². The van der Waals surface area contributed by atoms with Gasteiger partial charge in [0.1, 0.15) is 5.82 Å². The third kappa shape index (κ3) is 6.39. The van der Waals surface area contributed by atoms with Gasteiger partial charge in [0.25, 0.3) is 0 Å². The van der Waals surface area contributed by atoms with Crippen LogP contribution in [0.5, 0.6) is 0 Å². The molecule has 0 radical (unpaired) electrons. The van der Waals surface area contributed by atoms with E-state index >= 15 is 0 Å². The maximum absolute atomic E-state index is 13.9. The van der Waals surface area contributed by atoms with E-state index in [9.17, 15) is 9.18 Å². The SMILES string of the molecule is CCOC(=O)CSc1ccc(CNCC(C)C)cc1F. The van der Waals surface area contributed by atoms with Gasteiger partial charge in [0, 0.05) is 11.4 Å². The standard InChI is InChI=1S/C15H22FNO2S/c1-4-19-15(18)10-20-14-6-5-12(7-13(14)16)9-17-8-11(2)3/h5-7,11,17H,4,8-10H2,1-3H3. The fourth-order valence-corrected chi connectivity index (χ4v) is 2.33. The van der Waals surface area contributed by atoms with Crippen molar-refractivity contribution in [2.45, 2.75) is 32.2 Å². The summed E-state index contributed by atoms with van der Waals surface area (Å²) in [4.78, 5) is 11.7. The first-order valence-electron chi connectivity index (χ1n) is 6.80. The van der Waals surface area contributed by atoms with Crippen LogP contribution >= 0.6 is 11.8 Å². The molecule has 1 aromatic rings. The van der Waals surface area contributed by atoms with E-state index in [2.05, 4.69) is 19.2 Å². The molecular formula is C15H22FNO2S. The van der Waals surface area contributed by atoms with E-state index < -0.39 is 0 Å². The maximum atomic E-state index is 13.9. The van der Waals surface area contributed by atoms with E-state index in [0.717, 1.165) is 23.9 Å². The number of halogens is 1. The van der Waals surface area contributed by atoms with E-state index in [1.54, 1.807) is 13.0 Å². The lowest BCUT2D eigenvalue weighted by atomic mass is 10.2. The average Bonchev–Trinajstić information content (AvgIpc) is 2.37. The molecule has 0 aromatic heterocycles. The van der Waals surface area contributed by atoms with E-state index in [4.69, 9.17) is 4.74 Å². The minimum atomic E-state index is -0.320. The molecule has 0 saturated carbocycles. The van der Waals surface area contributed by atoms with Gasteiger partial charge in [-0.25, -0.2) is 4.39 Å². The van der Waals surface area contributed by atoms with Crippen LogP contribution < -0.4 is 5.32 Å². The third-order valence-corrected chi connectivity index (χ3v) is 3.55. The molecule has 5 heteroatoms. The van der Waals surface area contributed by atoms with Crippen LogP contribution in [0.15, 0.2) is 23.1 Å². The monoisotopic (exact) mass is 299 g/mol. The summed E-state index contributed by atoms with van der Waals surface area (Å²) < 4.78 is 18.7. The van der Waals surface area contributed by atoms with Gasteiger partial charge in [-0.05, 0) is 37.1 Å². The Morgan fingerprint density at radius 2 is 2.20 bits per heavy atom. The minimum Gasteiger partial charge on any atom is -0.465 e. The van der Waals surface area contributed by atoms with Crippen LogP contribution in [0.1, 0.15) is 26.3 Å². The lowest BCUT2D eigenvalue weighted by Gasteiger charge is -2.09. The molecule has 0 spiro atoms. The summed E-state index contributed by atoms with van der Waals surface area (Å²) in [5, 5.41) is 3.27. The lowest BCUT2D eigenvalue weighted by Crippen LogP contribution is -2.19. The zero-order valence-electron chi connectivity index (χ0n) is 12.2. The summed E-state index contributed by atoms with van der Waals surface area (Å²) in [6.07, 6.45) is 0. The van der Waals surface area contributed by atoms with Gasteiger partial charge in [-0.15, -0.1) is 11.8 Å². The first kappa shape index (κ1) is 17.0. The molecule has 0 unspecified atom stereocenters. The first-order chi connectivity index (χ1) is 9.52. The van der Waals surface area contributed by atoms with Gasteiger partial charge < -0.3 is 10.1 Å². The second-order valence-corrected chi connectivity index (χ2v) is 5.90. The Morgan fingerprint density at radius 1 is 1.45 bits per heavy atom. The van der Waals surface area contributed by atoms with Crippen molar-refractivity contribution in [1.82, 2.24) is 5.32 Å². The van der Waals surface area contributed by atoms with E-state index in [1.807, 2.05) is 6.07 Å². The Labute approximate surface area is 124 Å².